The number of hydrogen-bond donors (Lipinski definition) is 2. The quantitative estimate of drug-likeness (QED) is 0.442. The van der Waals surface area contributed by atoms with Gasteiger partial charge >= 0.3 is 0 Å². The molecule has 0 unspecified atom stereocenters. The summed E-state index contributed by atoms with van der Waals surface area (Å²) in [5.74, 6) is -1.63. The Hall–Kier alpha value is -4.00. The molecule has 0 radical (unpaired) electrons. The lowest BCUT2D eigenvalue weighted by atomic mass is 10.1. The van der Waals surface area contributed by atoms with Crippen LogP contribution in [-0.4, -0.2) is 69.9 Å². The van der Waals surface area contributed by atoms with Crippen molar-refractivity contribution in [3.8, 4) is 17.2 Å². The van der Waals surface area contributed by atoms with Gasteiger partial charge in [-0.15, -0.1) is 0 Å². The zero-order valence-electron chi connectivity index (χ0n) is 21.0. The Bertz CT molecular complexity index is 1200. The van der Waals surface area contributed by atoms with Crippen molar-refractivity contribution in [1.82, 2.24) is 30.0 Å². The molecule has 0 aliphatic carbocycles. The summed E-state index contributed by atoms with van der Waals surface area (Å²) in [7, 11) is 2.55. The average molecular weight is 518 g/mol. The highest BCUT2D eigenvalue weighted by Gasteiger charge is 2.25. The SMILES string of the molecule is COc1cc(OC)c(F)c(COc2cnc(Nc3cnn(CC(=O)N4C[C@@H](C)N[C@@H](C)C4)c3)nc2)c1F. The van der Waals surface area contributed by atoms with E-state index in [4.69, 9.17) is 14.2 Å². The molecule has 2 N–H and O–H groups in total. The summed E-state index contributed by atoms with van der Waals surface area (Å²) in [5.41, 5.74) is 0.251. The van der Waals surface area contributed by atoms with Gasteiger partial charge in [-0.25, -0.2) is 18.7 Å². The Morgan fingerprint density at radius 2 is 1.70 bits per heavy atom. The van der Waals surface area contributed by atoms with Gasteiger partial charge in [0.15, 0.2) is 28.9 Å². The molecule has 198 valence electrons. The molecular weight excluding hydrogens is 488 g/mol. The second-order valence-corrected chi connectivity index (χ2v) is 8.74. The molecule has 1 aliphatic rings. The molecule has 1 fully saturated rings. The van der Waals surface area contributed by atoms with E-state index in [9.17, 15) is 13.6 Å². The van der Waals surface area contributed by atoms with Gasteiger partial charge in [0.25, 0.3) is 0 Å². The van der Waals surface area contributed by atoms with Gasteiger partial charge in [-0.1, -0.05) is 0 Å². The van der Waals surface area contributed by atoms with Gasteiger partial charge in [0.1, 0.15) is 13.2 Å². The lowest BCUT2D eigenvalue weighted by Gasteiger charge is -2.36. The first-order chi connectivity index (χ1) is 17.8. The number of ether oxygens (including phenoxy) is 3. The van der Waals surface area contributed by atoms with Crippen LogP contribution in [0.4, 0.5) is 20.4 Å². The fourth-order valence-electron chi connectivity index (χ4n) is 4.09. The van der Waals surface area contributed by atoms with Crippen LogP contribution < -0.4 is 24.8 Å². The summed E-state index contributed by atoms with van der Waals surface area (Å²) in [4.78, 5) is 22.8. The van der Waals surface area contributed by atoms with Crippen molar-refractivity contribution in [1.29, 1.82) is 0 Å². The van der Waals surface area contributed by atoms with E-state index in [0.717, 1.165) is 6.07 Å². The van der Waals surface area contributed by atoms with E-state index in [1.54, 1.807) is 17.1 Å². The molecule has 4 rings (SSSR count). The number of nitrogens with one attached hydrogen (secondary N) is 2. The molecule has 1 saturated heterocycles. The van der Waals surface area contributed by atoms with E-state index in [0.29, 0.717) is 18.8 Å². The number of nitrogens with zero attached hydrogens (tertiary/aromatic N) is 5. The van der Waals surface area contributed by atoms with Crippen molar-refractivity contribution in [2.75, 3.05) is 32.6 Å². The Morgan fingerprint density at radius 1 is 1.08 bits per heavy atom. The van der Waals surface area contributed by atoms with Crippen LogP contribution in [0, 0.1) is 11.6 Å². The van der Waals surface area contributed by atoms with Crippen LogP contribution in [0.2, 0.25) is 0 Å². The van der Waals surface area contributed by atoms with E-state index in [1.165, 1.54) is 26.6 Å². The summed E-state index contributed by atoms with van der Waals surface area (Å²) in [6.45, 7) is 5.11. The first kappa shape index (κ1) is 26.1. The van der Waals surface area contributed by atoms with E-state index in [1.807, 2.05) is 4.90 Å². The van der Waals surface area contributed by atoms with Crippen LogP contribution in [-0.2, 0) is 17.9 Å². The van der Waals surface area contributed by atoms with Gasteiger partial charge in [-0.2, -0.15) is 5.10 Å². The molecule has 0 saturated carbocycles. The van der Waals surface area contributed by atoms with Gasteiger partial charge in [0.05, 0.1) is 44.1 Å². The maximum Gasteiger partial charge on any atom is 0.244 e. The number of methoxy groups -OCH3 is 2. The van der Waals surface area contributed by atoms with Crippen LogP contribution >= 0.6 is 0 Å². The van der Waals surface area contributed by atoms with Crippen LogP contribution in [0.5, 0.6) is 17.2 Å². The summed E-state index contributed by atoms with van der Waals surface area (Å²) in [6, 6.07) is 1.60. The van der Waals surface area contributed by atoms with Crippen LogP contribution in [0.25, 0.3) is 0 Å². The zero-order chi connectivity index (χ0) is 26.5. The van der Waals surface area contributed by atoms with Crippen molar-refractivity contribution < 1.29 is 27.8 Å². The molecule has 3 aromatic rings. The predicted molar refractivity (Wildman–Crippen MR) is 130 cm³/mol. The second kappa shape index (κ2) is 11.4. The molecule has 3 heterocycles. The second-order valence-electron chi connectivity index (χ2n) is 8.74. The third-order valence-electron chi connectivity index (χ3n) is 5.77. The molecule has 2 atom stereocenters. The first-order valence-electron chi connectivity index (χ1n) is 11.6. The van der Waals surface area contributed by atoms with Crippen LogP contribution in [0.15, 0.2) is 30.9 Å². The van der Waals surface area contributed by atoms with Crippen molar-refractivity contribution >= 4 is 17.5 Å². The highest BCUT2D eigenvalue weighted by Crippen LogP contribution is 2.32. The number of halogens is 2. The van der Waals surface area contributed by atoms with Crippen LogP contribution in [0.1, 0.15) is 19.4 Å². The Morgan fingerprint density at radius 3 is 2.30 bits per heavy atom. The molecule has 11 nitrogen and oxygen atoms in total. The number of benzene rings is 1. The van der Waals surface area contributed by atoms with Crippen molar-refractivity contribution in [3.63, 3.8) is 0 Å². The van der Waals surface area contributed by atoms with Crippen molar-refractivity contribution in [2.45, 2.75) is 39.1 Å². The minimum absolute atomic E-state index is 0.00543. The third-order valence-corrected chi connectivity index (χ3v) is 5.77. The van der Waals surface area contributed by atoms with E-state index in [2.05, 4.69) is 39.5 Å². The third kappa shape index (κ3) is 6.23. The summed E-state index contributed by atoms with van der Waals surface area (Å²) in [5, 5.41) is 10.6. The standard InChI is InChI=1S/C24H29F2N7O4/c1-14-9-32(10-15(2)30-14)21(34)12-33-11-16(6-29-33)31-24-27-7-17(8-28-24)37-13-18-22(25)19(35-3)5-20(36-4)23(18)26/h5-8,11,14-15,30H,9-10,12-13H2,1-4H3,(H,27,28,31)/t14-,15+. The molecule has 1 aromatic carbocycles. The molecule has 0 bridgehead atoms. The molecule has 2 aromatic heterocycles. The molecule has 13 heteroatoms. The van der Waals surface area contributed by atoms with E-state index >= 15 is 0 Å². The fraction of sp³-hybridized carbons (Fsp3) is 0.417. The smallest absolute Gasteiger partial charge is 0.244 e. The number of rotatable bonds is 9. The number of amides is 1. The minimum atomic E-state index is -0.878. The fourth-order valence-corrected chi connectivity index (χ4v) is 4.09. The lowest BCUT2D eigenvalue weighted by molar-refractivity contribution is -0.133. The summed E-state index contributed by atoms with van der Waals surface area (Å²) < 4.78 is 45.9. The number of anilines is 2. The van der Waals surface area contributed by atoms with Gasteiger partial charge < -0.3 is 29.7 Å². The van der Waals surface area contributed by atoms with Gasteiger partial charge in [-0.3, -0.25) is 9.48 Å². The lowest BCUT2D eigenvalue weighted by Crippen LogP contribution is -2.56. The van der Waals surface area contributed by atoms with Gasteiger partial charge in [-0.05, 0) is 13.8 Å². The number of hydrogen-bond acceptors (Lipinski definition) is 9. The van der Waals surface area contributed by atoms with E-state index < -0.39 is 18.2 Å². The number of carbonyl (C=O) groups excluding carboxylic acids is 1. The summed E-state index contributed by atoms with van der Waals surface area (Å²) in [6.07, 6.45) is 5.97. The molecule has 37 heavy (non-hydrogen) atoms. The summed E-state index contributed by atoms with van der Waals surface area (Å²) >= 11 is 0. The molecule has 0 spiro atoms. The Balaban J connectivity index is 1.34. The topological polar surface area (TPSA) is 116 Å². The number of carbonyl (C=O) groups is 1. The highest BCUT2D eigenvalue weighted by molar-refractivity contribution is 5.76. The minimum Gasteiger partial charge on any atom is -0.494 e. The zero-order valence-corrected chi connectivity index (χ0v) is 21.0. The molecule has 1 aliphatic heterocycles. The maximum atomic E-state index is 14.5. The van der Waals surface area contributed by atoms with Crippen LogP contribution in [0.3, 0.4) is 0 Å². The average Bonchev–Trinajstić information content (AvgIpc) is 3.31. The first-order valence-corrected chi connectivity index (χ1v) is 11.6. The number of piperazine rings is 1. The van der Waals surface area contributed by atoms with E-state index in [-0.39, 0.29) is 53.3 Å². The molecule has 1 amide bonds. The normalized spacial score (nSPS) is 17.4. The maximum absolute atomic E-state index is 14.5. The Kier molecular flexibility index (Phi) is 8.01. The van der Waals surface area contributed by atoms with Gasteiger partial charge in [0.2, 0.25) is 11.9 Å². The largest absolute Gasteiger partial charge is 0.494 e. The monoisotopic (exact) mass is 517 g/mol. The predicted octanol–water partition coefficient (Wildman–Crippen LogP) is 2.50. The molecular formula is C24H29F2N7O4. The Labute approximate surface area is 212 Å². The van der Waals surface area contributed by atoms with Gasteiger partial charge in [0, 0.05) is 37.4 Å². The number of aromatic nitrogens is 4. The van der Waals surface area contributed by atoms with Crippen molar-refractivity contribution in [3.05, 3.63) is 48.1 Å². The van der Waals surface area contributed by atoms with Crippen molar-refractivity contribution in [2.24, 2.45) is 0 Å². The highest BCUT2D eigenvalue weighted by atomic mass is 19.1.